The smallest absolute Gasteiger partial charge is 0.421 e. The van der Waals surface area contributed by atoms with Gasteiger partial charge < -0.3 is 9.47 Å². The van der Waals surface area contributed by atoms with Crippen molar-refractivity contribution in [3.05, 3.63) is 29.8 Å². The SMILES string of the molecule is CC(C)(C)OC(=O)NC(=N)N(C(=O)OC(C)(C)C)c1ccc(C#N)cc1. The predicted molar refractivity (Wildman–Crippen MR) is 97.0 cm³/mol. The second kappa shape index (κ2) is 7.87. The Labute approximate surface area is 153 Å². The number of hydrogen-bond donors (Lipinski definition) is 2. The molecule has 1 aromatic carbocycles. The molecule has 1 aromatic rings. The fraction of sp³-hybridized carbons (Fsp3) is 0.444. The van der Waals surface area contributed by atoms with Crippen LogP contribution in [0.2, 0.25) is 0 Å². The third-order valence-corrected chi connectivity index (χ3v) is 2.67. The lowest BCUT2D eigenvalue weighted by molar-refractivity contribution is 0.0559. The van der Waals surface area contributed by atoms with E-state index in [1.165, 1.54) is 24.3 Å². The van der Waals surface area contributed by atoms with Crippen LogP contribution in [0.4, 0.5) is 15.3 Å². The first-order chi connectivity index (χ1) is 11.8. The highest BCUT2D eigenvalue weighted by molar-refractivity contribution is 6.15. The van der Waals surface area contributed by atoms with E-state index in [2.05, 4.69) is 5.32 Å². The Kier molecular flexibility index (Phi) is 6.34. The van der Waals surface area contributed by atoms with Gasteiger partial charge in [0.1, 0.15) is 11.2 Å². The maximum absolute atomic E-state index is 12.5. The van der Waals surface area contributed by atoms with Crippen LogP contribution in [-0.2, 0) is 9.47 Å². The Morgan fingerprint density at radius 3 is 1.96 bits per heavy atom. The van der Waals surface area contributed by atoms with Gasteiger partial charge in [-0.25, -0.2) is 14.5 Å². The van der Waals surface area contributed by atoms with Crippen LogP contribution in [0.3, 0.4) is 0 Å². The maximum atomic E-state index is 12.5. The standard InChI is InChI=1S/C18H24N4O4/c1-17(2,3)25-15(23)21-14(20)22(16(24)26-18(4,5)6)13-9-7-12(11-19)8-10-13/h7-10H,1-6H3,(H2,20,21,23). The lowest BCUT2D eigenvalue weighted by Crippen LogP contribution is -2.49. The summed E-state index contributed by atoms with van der Waals surface area (Å²) in [6.07, 6.45) is -1.71. The van der Waals surface area contributed by atoms with E-state index in [9.17, 15) is 9.59 Å². The normalized spacial score (nSPS) is 11.1. The lowest BCUT2D eigenvalue weighted by Gasteiger charge is -2.28. The molecule has 0 radical (unpaired) electrons. The van der Waals surface area contributed by atoms with Crippen molar-refractivity contribution in [1.82, 2.24) is 5.32 Å². The number of nitrogens with one attached hydrogen (secondary N) is 2. The van der Waals surface area contributed by atoms with Crippen LogP contribution in [0.5, 0.6) is 0 Å². The van der Waals surface area contributed by atoms with Gasteiger partial charge in [-0.1, -0.05) is 0 Å². The van der Waals surface area contributed by atoms with E-state index < -0.39 is 29.3 Å². The Balaban J connectivity index is 3.10. The summed E-state index contributed by atoms with van der Waals surface area (Å²) in [6, 6.07) is 7.92. The molecule has 0 unspecified atom stereocenters. The number of amides is 2. The van der Waals surface area contributed by atoms with E-state index in [-0.39, 0.29) is 5.69 Å². The largest absolute Gasteiger partial charge is 0.444 e. The average Bonchev–Trinajstić information content (AvgIpc) is 2.44. The molecule has 0 atom stereocenters. The van der Waals surface area contributed by atoms with Crippen LogP contribution in [0.1, 0.15) is 47.1 Å². The van der Waals surface area contributed by atoms with E-state index in [1.807, 2.05) is 6.07 Å². The number of rotatable bonds is 1. The molecular weight excluding hydrogens is 336 g/mol. The summed E-state index contributed by atoms with van der Waals surface area (Å²) in [5, 5.41) is 19.2. The third-order valence-electron chi connectivity index (χ3n) is 2.67. The van der Waals surface area contributed by atoms with E-state index in [4.69, 9.17) is 20.1 Å². The van der Waals surface area contributed by atoms with Crippen LogP contribution in [0, 0.1) is 16.7 Å². The molecule has 2 N–H and O–H groups in total. The van der Waals surface area contributed by atoms with E-state index >= 15 is 0 Å². The van der Waals surface area contributed by atoms with Gasteiger partial charge in [0.25, 0.3) is 0 Å². The molecule has 8 heteroatoms. The molecule has 0 aliphatic rings. The zero-order valence-electron chi connectivity index (χ0n) is 15.8. The molecule has 8 nitrogen and oxygen atoms in total. The van der Waals surface area contributed by atoms with E-state index in [1.54, 1.807) is 41.5 Å². The summed E-state index contributed by atoms with van der Waals surface area (Å²) in [6.45, 7) is 10.1. The Morgan fingerprint density at radius 1 is 1.04 bits per heavy atom. The highest BCUT2D eigenvalue weighted by Gasteiger charge is 2.29. The predicted octanol–water partition coefficient (Wildman–Crippen LogP) is 3.76. The van der Waals surface area contributed by atoms with Crippen LogP contribution in [0.15, 0.2) is 24.3 Å². The van der Waals surface area contributed by atoms with Gasteiger partial charge in [0, 0.05) is 0 Å². The number of nitrogens with zero attached hydrogens (tertiary/aromatic N) is 2. The summed E-state index contributed by atoms with van der Waals surface area (Å²) in [7, 11) is 0. The summed E-state index contributed by atoms with van der Waals surface area (Å²) >= 11 is 0. The Morgan fingerprint density at radius 2 is 1.54 bits per heavy atom. The first kappa shape index (κ1) is 21.0. The molecular formula is C18H24N4O4. The highest BCUT2D eigenvalue weighted by Crippen LogP contribution is 2.19. The van der Waals surface area contributed by atoms with E-state index in [0.717, 1.165) is 4.90 Å². The van der Waals surface area contributed by atoms with Crippen LogP contribution in [-0.4, -0.2) is 29.3 Å². The number of carbonyl (C=O) groups is 2. The number of alkyl carbamates (subject to hydrolysis) is 1. The molecule has 0 saturated heterocycles. The molecule has 0 bridgehead atoms. The molecule has 2 amide bonds. The van der Waals surface area contributed by atoms with Crippen LogP contribution < -0.4 is 10.2 Å². The van der Waals surface area contributed by atoms with Gasteiger partial charge in [0.2, 0.25) is 5.96 Å². The molecule has 0 saturated carbocycles. The zero-order valence-corrected chi connectivity index (χ0v) is 15.8. The lowest BCUT2D eigenvalue weighted by atomic mass is 10.2. The van der Waals surface area contributed by atoms with Crippen molar-refractivity contribution in [3.8, 4) is 6.07 Å². The zero-order chi connectivity index (χ0) is 20.1. The van der Waals surface area contributed by atoms with Crippen molar-refractivity contribution >= 4 is 23.8 Å². The van der Waals surface area contributed by atoms with Gasteiger partial charge in [-0.15, -0.1) is 0 Å². The number of ether oxygens (including phenoxy) is 2. The van der Waals surface area contributed by atoms with Crippen LogP contribution >= 0.6 is 0 Å². The molecule has 1 rings (SSSR count). The summed E-state index contributed by atoms with van der Waals surface area (Å²) in [4.78, 5) is 25.3. The summed E-state index contributed by atoms with van der Waals surface area (Å²) < 4.78 is 10.4. The molecule has 0 heterocycles. The van der Waals surface area contributed by atoms with Crippen LogP contribution in [0.25, 0.3) is 0 Å². The number of benzene rings is 1. The maximum Gasteiger partial charge on any atom is 0.421 e. The molecule has 0 spiro atoms. The quantitative estimate of drug-likeness (QED) is 0.584. The molecule has 0 aliphatic heterocycles. The molecule has 140 valence electrons. The Bertz CT molecular complexity index is 722. The van der Waals surface area contributed by atoms with Gasteiger partial charge in [-0.2, -0.15) is 5.26 Å². The molecule has 0 aromatic heterocycles. The summed E-state index contributed by atoms with van der Waals surface area (Å²) in [5.41, 5.74) is -0.896. The van der Waals surface area contributed by atoms with Crippen molar-refractivity contribution < 1.29 is 19.1 Å². The average molecular weight is 360 g/mol. The highest BCUT2D eigenvalue weighted by atomic mass is 16.6. The number of guanidine groups is 1. The molecule has 26 heavy (non-hydrogen) atoms. The fourth-order valence-corrected chi connectivity index (χ4v) is 1.77. The van der Waals surface area contributed by atoms with Crippen molar-refractivity contribution in [1.29, 1.82) is 10.7 Å². The third kappa shape index (κ3) is 6.81. The van der Waals surface area contributed by atoms with Gasteiger partial charge in [0.05, 0.1) is 17.3 Å². The second-order valence-corrected chi connectivity index (χ2v) is 7.45. The van der Waals surface area contributed by atoms with Gasteiger partial charge in [-0.3, -0.25) is 10.7 Å². The van der Waals surface area contributed by atoms with E-state index in [0.29, 0.717) is 5.56 Å². The number of carbonyl (C=O) groups excluding carboxylic acids is 2. The number of hydrogen-bond acceptors (Lipinski definition) is 6. The fourth-order valence-electron chi connectivity index (χ4n) is 1.77. The molecule has 0 aliphatic carbocycles. The van der Waals surface area contributed by atoms with Gasteiger partial charge >= 0.3 is 12.2 Å². The first-order valence-corrected chi connectivity index (χ1v) is 7.94. The number of nitriles is 1. The second-order valence-electron chi connectivity index (χ2n) is 7.45. The van der Waals surface area contributed by atoms with Crippen molar-refractivity contribution in [2.45, 2.75) is 52.7 Å². The van der Waals surface area contributed by atoms with Gasteiger partial charge in [-0.05, 0) is 65.8 Å². The number of anilines is 1. The molecule has 0 fully saturated rings. The first-order valence-electron chi connectivity index (χ1n) is 7.94. The minimum Gasteiger partial charge on any atom is -0.444 e. The minimum atomic E-state index is -0.871. The Hall–Kier alpha value is -3.08. The van der Waals surface area contributed by atoms with Crippen molar-refractivity contribution in [2.75, 3.05) is 4.90 Å². The van der Waals surface area contributed by atoms with Crippen molar-refractivity contribution in [3.63, 3.8) is 0 Å². The summed E-state index contributed by atoms with van der Waals surface area (Å²) in [5.74, 6) is -0.529. The van der Waals surface area contributed by atoms with Crippen molar-refractivity contribution in [2.24, 2.45) is 0 Å². The monoisotopic (exact) mass is 360 g/mol. The topological polar surface area (TPSA) is 116 Å². The minimum absolute atomic E-state index is 0.263. The van der Waals surface area contributed by atoms with Gasteiger partial charge in [0.15, 0.2) is 0 Å².